The predicted molar refractivity (Wildman–Crippen MR) is 103 cm³/mol. The first-order valence-corrected chi connectivity index (χ1v) is 9.38. The summed E-state index contributed by atoms with van der Waals surface area (Å²) in [6, 6.07) is 5.91. The molecule has 0 spiro atoms. The summed E-state index contributed by atoms with van der Waals surface area (Å²) in [5.41, 5.74) is 2.63. The molecular formula is C18H19Cl2N5O. The summed E-state index contributed by atoms with van der Waals surface area (Å²) in [4.78, 5) is 9.10. The topological polar surface area (TPSA) is 64.9 Å². The van der Waals surface area contributed by atoms with Gasteiger partial charge in [0.25, 0.3) is 0 Å². The van der Waals surface area contributed by atoms with E-state index in [1.807, 2.05) is 16.8 Å². The molecule has 0 amide bonds. The van der Waals surface area contributed by atoms with Gasteiger partial charge in [-0.15, -0.1) is 0 Å². The van der Waals surface area contributed by atoms with Gasteiger partial charge in [0.05, 0.1) is 29.4 Å². The van der Waals surface area contributed by atoms with Crippen molar-refractivity contribution in [2.45, 2.75) is 38.3 Å². The van der Waals surface area contributed by atoms with E-state index in [1.54, 1.807) is 19.4 Å². The maximum Gasteiger partial charge on any atom is 0.244 e. The van der Waals surface area contributed by atoms with Crippen LogP contribution in [-0.4, -0.2) is 26.9 Å². The molecule has 1 aliphatic rings. The summed E-state index contributed by atoms with van der Waals surface area (Å²) in [6.45, 7) is 0.530. The van der Waals surface area contributed by atoms with E-state index in [1.165, 1.54) is 12.8 Å². The van der Waals surface area contributed by atoms with Gasteiger partial charge in [-0.3, -0.25) is 4.68 Å². The maximum atomic E-state index is 6.06. The number of rotatable bonds is 5. The van der Waals surface area contributed by atoms with Crippen molar-refractivity contribution in [2.24, 2.45) is 0 Å². The van der Waals surface area contributed by atoms with Crippen LogP contribution in [0.1, 0.15) is 37.3 Å². The lowest BCUT2D eigenvalue weighted by molar-refractivity contribution is 0.394. The van der Waals surface area contributed by atoms with Crippen molar-refractivity contribution in [1.29, 1.82) is 0 Å². The van der Waals surface area contributed by atoms with E-state index in [0.717, 1.165) is 29.4 Å². The molecule has 1 aromatic carbocycles. The minimum absolute atomic E-state index is 0.403. The molecule has 26 heavy (non-hydrogen) atoms. The SMILES string of the molecule is COc1nc(NCc2ccc(Cl)c(Cl)c2)nc2cnn(C3CCCC3)c12. The van der Waals surface area contributed by atoms with Crippen LogP contribution < -0.4 is 10.1 Å². The Hall–Kier alpha value is -2.05. The molecule has 2 heterocycles. The van der Waals surface area contributed by atoms with Crippen molar-refractivity contribution < 1.29 is 4.74 Å². The zero-order chi connectivity index (χ0) is 18.1. The molecule has 0 bridgehead atoms. The highest BCUT2D eigenvalue weighted by atomic mass is 35.5. The highest BCUT2D eigenvalue weighted by molar-refractivity contribution is 6.42. The van der Waals surface area contributed by atoms with E-state index in [4.69, 9.17) is 27.9 Å². The van der Waals surface area contributed by atoms with Crippen molar-refractivity contribution >= 4 is 40.2 Å². The molecule has 0 atom stereocenters. The minimum Gasteiger partial charge on any atom is -0.479 e. The molecule has 2 aromatic heterocycles. The number of methoxy groups -OCH3 is 1. The van der Waals surface area contributed by atoms with Gasteiger partial charge in [-0.1, -0.05) is 42.1 Å². The van der Waals surface area contributed by atoms with E-state index in [-0.39, 0.29) is 0 Å². The lowest BCUT2D eigenvalue weighted by atomic mass is 10.2. The molecule has 0 unspecified atom stereocenters. The summed E-state index contributed by atoms with van der Waals surface area (Å²) in [5.74, 6) is 1.03. The molecule has 0 saturated heterocycles. The number of ether oxygens (including phenoxy) is 1. The molecular weight excluding hydrogens is 373 g/mol. The van der Waals surface area contributed by atoms with Gasteiger partial charge >= 0.3 is 0 Å². The molecule has 0 aliphatic heterocycles. The molecule has 6 nitrogen and oxygen atoms in total. The van der Waals surface area contributed by atoms with Crippen LogP contribution in [0.25, 0.3) is 11.0 Å². The second-order valence-electron chi connectivity index (χ2n) is 6.42. The van der Waals surface area contributed by atoms with Crippen molar-refractivity contribution in [2.75, 3.05) is 12.4 Å². The number of nitrogens with zero attached hydrogens (tertiary/aromatic N) is 4. The van der Waals surface area contributed by atoms with Crippen LogP contribution in [0.2, 0.25) is 10.0 Å². The van der Waals surface area contributed by atoms with E-state index < -0.39 is 0 Å². The van der Waals surface area contributed by atoms with Crippen LogP contribution >= 0.6 is 23.2 Å². The number of anilines is 1. The number of halogens is 2. The van der Waals surface area contributed by atoms with Gasteiger partial charge in [0.15, 0.2) is 0 Å². The quantitative estimate of drug-likeness (QED) is 0.671. The molecule has 136 valence electrons. The fourth-order valence-electron chi connectivity index (χ4n) is 3.41. The smallest absolute Gasteiger partial charge is 0.244 e. The van der Waals surface area contributed by atoms with Gasteiger partial charge in [0.1, 0.15) is 11.0 Å². The van der Waals surface area contributed by atoms with Crippen LogP contribution in [0.5, 0.6) is 5.88 Å². The third-order valence-corrected chi connectivity index (χ3v) is 5.45. The average Bonchev–Trinajstić information content (AvgIpc) is 3.31. The van der Waals surface area contributed by atoms with Crippen LogP contribution in [-0.2, 0) is 6.54 Å². The molecule has 4 rings (SSSR count). The van der Waals surface area contributed by atoms with Gasteiger partial charge in [-0.2, -0.15) is 10.1 Å². The molecule has 0 radical (unpaired) electrons. The summed E-state index contributed by atoms with van der Waals surface area (Å²) in [6.07, 6.45) is 6.52. The van der Waals surface area contributed by atoms with E-state index in [9.17, 15) is 0 Å². The third-order valence-electron chi connectivity index (χ3n) is 4.71. The fourth-order valence-corrected chi connectivity index (χ4v) is 3.73. The van der Waals surface area contributed by atoms with Gasteiger partial charge < -0.3 is 10.1 Å². The minimum atomic E-state index is 0.403. The molecule has 3 aromatic rings. The monoisotopic (exact) mass is 391 g/mol. The van der Waals surface area contributed by atoms with Crippen LogP contribution in [0.15, 0.2) is 24.4 Å². The largest absolute Gasteiger partial charge is 0.479 e. The van der Waals surface area contributed by atoms with Crippen molar-refractivity contribution in [3.63, 3.8) is 0 Å². The van der Waals surface area contributed by atoms with Gasteiger partial charge in [0.2, 0.25) is 11.8 Å². The van der Waals surface area contributed by atoms with Crippen molar-refractivity contribution in [3.8, 4) is 5.88 Å². The number of hydrogen-bond donors (Lipinski definition) is 1. The van der Waals surface area contributed by atoms with E-state index in [2.05, 4.69) is 20.4 Å². The summed E-state index contributed by atoms with van der Waals surface area (Å²) in [7, 11) is 1.62. The molecule has 1 fully saturated rings. The summed E-state index contributed by atoms with van der Waals surface area (Å²) in [5, 5.41) is 8.82. The summed E-state index contributed by atoms with van der Waals surface area (Å²) >= 11 is 12.0. The predicted octanol–water partition coefficient (Wildman–Crippen LogP) is 4.87. The Morgan fingerprint density at radius 2 is 2.00 bits per heavy atom. The Balaban J connectivity index is 1.61. The zero-order valence-electron chi connectivity index (χ0n) is 14.4. The molecule has 1 aliphatic carbocycles. The van der Waals surface area contributed by atoms with Crippen LogP contribution in [0.3, 0.4) is 0 Å². The first-order chi connectivity index (χ1) is 12.7. The standard InChI is InChI=1S/C18H19Cl2N5O/c1-26-17-16-15(10-22-25(16)12-4-2-3-5-12)23-18(24-17)21-9-11-6-7-13(19)14(20)8-11/h6-8,10,12H,2-5,9H2,1H3,(H,21,23,24). The number of aromatic nitrogens is 4. The zero-order valence-corrected chi connectivity index (χ0v) is 15.9. The maximum absolute atomic E-state index is 6.06. The number of nitrogens with one attached hydrogen (secondary N) is 1. The number of hydrogen-bond acceptors (Lipinski definition) is 5. The Morgan fingerprint density at radius 1 is 1.19 bits per heavy atom. The molecule has 8 heteroatoms. The van der Waals surface area contributed by atoms with Gasteiger partial charge in [-0.25, -0.2) is 4.98 Å². The van der Waals surface area contributed by atoms with E-state index in [0.29, 0.717) is 34.5 Å². The average molecular weight is 392 g/mol. The van der Waals surface area contributed by atoms with Crippen molar-refractivity contribution in [1.82, 2.24) is 19.7 Å². The molecule has 1 N–H and O–H groups in total. The van der Waals surface area contributed by atoms with Gasteiger partial charge in [-0.05, 0) is 30.5 Å². The first-order valence-electron chi connectivity index (χ1n) is 8.63. The molecule has 1 saturated carbocycles. The lowest BCUT2D eigenvalue weighted by Crippen LogP contribution is -2.09. The highest BCUT2D eigenvalue weighted by Crippen LogP contribution is 2.34. The highest BCUT2D eigenvalue weighted by Gasteiger charge is 2.23. The Kier molecular flexibility index (Phi) is 4.87. The van der Waals surface area contributed by atoms with Gasteiger partial charge in [0, 0.05) is 6.54 Å². The third kappa shape index (κ3) is 3.31. The number of fused-ring (bicyclic) bond motifs is 1. The normalized spacial score (nSPS) is 14.9. The van der Waals surface area contributed by atoms with Crippen molar-refractivity contribution in [3.05, 3.63) is 40.0 Å². The van der Waals surface area contributed by atoms with Crippen LogP contribution in [0.4, 0.5) is 5.95 Å². The number of benzene rings is 1. The Labute approximate surface area is 161 Å². The fraction of sp³-hybridized carbons (Fsp3) is 0.389. The Bertz CT molecular complexity index is 937. The lowest BCUT2D eigenvalue weighted by Gasteiger charge is -2.13. The Morgan fingerprint density at radius 3 is 2.73 bits per heavy atom. The second kappa shape index (κ2) is 7.29. The van der Waals surface area contributed by atoms with Crippen LogP contribution in [0, 0.1) is 0 Å². The second-order valence-corrected chi connectivity index (χ2v) is 7.23. The summed E-state index contributed by atoms with van der Waals surface area (Å²) < 4.78 is 7.54. The van der Waals surface area contributed by atoms with E-state index >= 15 is 0 Å². The first kappa shape index (κ1) is 17.4.